The van der Waals surface area contributed by atoms with Gasteiger partial charge in [0.25, 0.3) is 11.1 Å². The van der Waals surface area contributed by atoms with E-state index in [1.54, 1.807) is 22.8 Å². The van der Waals surface area contributed by atoms with Crippen molar-refractivity contribution in [3.63, 3.8) is 0 Å². The second kappa shape index (κ2) is 9.48. The van der Waals surface area contributed by atoms with Crippen LogP contribution in [0, 0.1) is 13.8 Å². The number of fused-ring (bicyclic) bond motifs is 2. The van der Waals surface area contributed by atoms with Crippen molar-refractivity contribution in [1.82, 2.24) is 19.5 Å². The van der Waals surface area contributed by atoms with Crippen molar-refractivity contribution in [2.75, 3.05) is 7.11 Å². The molecule has 0 unspecified atom stereocenters. The number of carbonyl (C=O) groups is 1. The molecule has 0 fully saturated rings. The van der Waals surface area contributed by atoms with E-state index in [-0.39, 0.29) is 11.1 Å². The van der Waals surface area contributed by atoms with Gasteiger partial charge in [-0.1, -0.05) is 25.1 Å². The van der Waals surface area contributed by atoms with Crippen LogP contribution < -0.4 is 11.1 Å². The Kier molecular flexibility index (Phi) is 6.66. The average Bonchev–Trinajstić information content (AvgIpc) is 3.09. The van der Waals surface area contributed by atoms with E-state index in [1.165, 1.54) is 30.2 Å². The van der Waals surface area contributed by atoms with Crippen molar-refractivity contribution in [1.29, 1.82) is 0 Å². The summed E-state index contributed by atoms with van der Waals surface area (Å²) in [6.07, 6.45) is 1.76. The van der Waals surface area contributed by atoms with Gasteiger partial charge in [0.05, 0.1) is 34.7 Å². The number of thioether (sulfide) groups is 1. The fourth-order valence-corrected chi connectivity index (χ4v) is 5.51. The zero-order valence-corrected chi connectivity index (χ0v) is 20.5. The van der Waals surface area contributed by atoms with Crippen LogP contribution >= 0.6 is 23.1 Å². The summed E-state index contributed by atoms with van der Waals surface area (Å²) in [5.74, 6) is 0.389. The molecule has 3 aromatic heterocycles. The Morgan fingerprint density at radius 1 is 1.24 bits per heavy atom. The SMILES string of the molecule is CCCCn1c(SCc2nc3sc(C)c(C)c3c(=O)[nH]2)nc2cc(C(=O)OC)ccc2c1=O. The molecular formula is C23H24N4O4S2. The fraction of sp³-hybridized carbons (Fsp3) is 0.348. The van der Waals surface area contributed by atoms with E-state index < -0.39 is 5.97 Å². The number of ether oxygens (including phenoxy) is 1. The van der Waals surface area contributed by atoms with Crippen LogP contribution in [0.3, 0.4) is 0 Å². The zero-order valence-electron chi connectivity index (χ0n) is 18.9. The molecular weight excluding hydrogens is 460 g/mol. The molecule has 0 saturated heterocycles. The van der Waals surface area contributed by atoms with Crippen molar-refractivity contribution >= 4 is 50.2 Å². The molecule has 1 aromatic carbocycles. The minimum Gasteiger partial charge on any atom is -0.465 e. The molecule has 0 aliphatic rings. The van der Waals surface area contributed by atoms with Gasteiger partial charge in [-0.05, 0) is 44.0 Å². The smallest absolute Gasteiger partial charge is 0.337 e. The minimum atomic E-state index is -0.486. The predicted octanol–water partition coefficient (Wildman–Crippen LogP) is 4.19. The number of esters is 1. The number of aromatic amines is 1. The maximum absolute atomic E-state index is 13.2. The standard InChI is InChI=1S/C23H24N4O4S2/c1-5-6-9-27-21(29)15-8-7-14(22(30)31-4)10-16(15)24-23(27)32-11-17-25-19(28)18-12(2)13(3)33-20(18)26-17/h7-8,10H,5-6,9,11H2,1-4H3,(H,25,26,28). The number of aryl methyl sites for hydroxylation is 2. The summed E-state index contributed by atoms with van der Waals surface area (Å²) >= 11 is 2.83. The number of hydrogen-bond donors (Lipinski definition) is 1. The lowest BCUT2D eigenvalue weighted by atomic mass is 10.1. The van der Waals surface area contributed by atoms with Gasteiger partial charge in [-0.25, -0.2) is 14.8 Å². The summed E-state index contributed by atoms with van der Waals surface area (Å²) in [7, 11) is 1.31. The molecule has 8 nitrogen and oxygen atoms in total. The van der Waals surface area contributed by atoms with Gasteiger partial charge in [0.2, 0.25) is 0 Å². The number of aromatic nitrogens is 4. The van der Waals surface area contributed by atoms with E-state index in [0.717, 1.165) is 23.3 Å². The number of hydrogen-bond acceptors (Lipinski definition) is 8. The molecule has 33 heavy (non-hydrogen) atoms. The van der Waals surface area contributed by atoms with E-state index in [4.69, 9.17) is 4.74 Å². The molecule has 10 heteroatoms. The molecule has 0 atom stereocenters. The van der Waals surface area contributed by atoms with E-state index in [2.05, 4.69) is 21.9 Å². The lowest BCUT2D eigenvalue weighted by Crippen LogP contribution is -2.24. The normalized spacial score (nSPS) is 11.4. The maximum atomic E-state index is 13.2. The molecule has 0 saturated carbocycles. The summed E-state index contributed by atoms with van der Waals surface area (Å²) in [5, 5.41) is 1.59. The lowest BCUT2D eigenvalue weighted by molar-refractivity contribution is 0.0601. The summed E-state index contributed by atoms with van der Waals surface area (Å²) in [6.45, 7) is 6.49. The summed E-state index contributed by atoms with van der Waals surface area (Å²) < 4.78 is 6.45. The second-order valence-corrected chi connectivity index (χ2v) is 9.84. The number of nitrogens with one attached hydrogen (secondary N) is 1. The Bertz CT molecular complexity index is 1490. The van der Waals surface area contributed by atoms with Gasteiger partial charge in [0.15, 0.2) is 5.16 Å². The van der Waals surface area contributed by atoms with Gasteiger partial charge in [0, 0.05) is 11.4 Å². The molecule has 0 aliphatic heterocycles. The van der Waals surface area contributed by atoms with Crippen LogP contribution in [0.1, 0.15) is 46.4 Å². The molecule has 4 aromatic rings. The van der Waals surface area contributed by atoms with Gasteiger partial charge in [-0.15, -0.1) is 11.3 Å². The molecule has 1 N–H and O–H groups in total. The van der Waals surface area contributed by atoms with Crippen molar-refractivity contribution < 1.29 is 9.53 Å². The molecule has 172 valence electrons. The summed E-state index contributed by atoms with van der Waals surface area (Å²) in [4.78, 5) is 51.7. The first-order chi connectivity index (χ1) is 15.8. The van der Waals surface area contributed by atoms with Crippen molar-refractivity contribution in [3.05, 3.63) is 60.7 Å². The molecule has 0 radical (unpaired) electrons. The minimum absolute atomic E-state index is 0.157. The van der Waals surface area contributed by atoms with Crippen LogP contribution in [0.15, 0.2) is 32.9 Å². The van der Waals surface area contributed by atoms with Gasteiger partial charge in [0.1, 0.15) is 10.7 Å². The number of thiophene rings is 1. The van der Waals surface area contributed by atoms with Gasteiger partial charge in [-0.3, -0.25) is 14.2 Å². The molecule has 0 amide bonds. The maximum Gasteiger partial charge on any atom is 0.337 e. The van der Waals surface area contributed by atoms with E-state index in [1.807, 2.05) is 13.8 Å². The lowest BCUT2D eigenvalue weighted by Gasteiger charge is -2.13. The molecule has 0 spiro atoms. The number of unbranched alkanes of at least 4 members (excludes halogenated alkanes) is 1. The monoisotopic (exact) mass is 484 g/mol. The largest absolute Gasteiger partial charge is 0.465 e. The topological polar surface area (TPSA) is 107 Å². The Morgan fingerprint density at radius 3 is 2.76 bits per heavy atom. The van der Waals surface area contributed by atoms with Crippen LogP contribution in [0.25, 0.3) is 21.1 Å². The average molecular weight is 485 g/mol. The van der Waals surface area contributed by atoms with Crippen molar-refractivity contribution in [2.45, 2.75) is 51.1 Å². The van der Waals surface area contributed by atoms with E-state index in [9.17, 15) is 14.4 Å². The number of carbonyl (C=O) groups excluding carboxylic acids is 1. The second-order valence-electron chi connectivity index (χ2n) is 7.69. The Hall–Kier alpha value is -2.98. The number of H-pyrrole nitrogens is 1. The third kappa shape index (κ3) is 4.45. The van der Waals surface area contributed by atoms with E-state index in [0.29, 0.717) is 50.0 Å². The Morgan fingerprint density at radius 2 is 2.03 bits per heavy atom. The van der Waals surface area contributed by atoms with Gasteiger partial charge < -0.3 is 9.72 Å². The fourth-order valence-electron chi connectivity index (χ4n) is 3.57. The number of benzene rings is 1. The Labute approximate surface area is 198 Å². The third-order valence-corrected chi connectivity index (χ3v) is 7.59. The zero-order chi connectivity index (χ0) is 23.7. The van der Waals surface area contributed by atoms with Crippen LogP contribution in [0.2, 0.25) is 0 Å². The number of methoxy groups -OCH3 is 1. The van der Waals surface area contributed by atoms with Gasteiger partial charge in [-0.2, -0.15) is 0 Å². The van der Waals surface area contributed by atoms with Crippen LogP contribution in [0.4, 0.5) is 0 Å². The first-order valence-electron chi connectivity index (χ1n) is 10.6. The van der Waals surface area contributed by atoms with Gasteiger partial charge >= 0.3 is 5.97 Å². The number of nitrogens with zero attached hydrogens (tertiary/aromatic N) is 3. The Balaban J connectivity index is 1.74. The summed E-state index contributed by atoms with van der Waals surface area (Å²) in [6, 6.07) is 4.76. The first kappa shape index (κ1) is 23.2. The first-order valence-corrected chi connectivity index (χ1v) is 12.4. The van der Waals surface area contributed by atoms with E-state index >= 15 is 0 Å². The highest BCUT2D eigenvalue weighted by Crippen LogP contribution is 2.27. The highest BCUT2D eigenvalue weighted by atomic mass is 32.2. The van der Waals surface area contributed by atoms with Crippen LogP contribution in [-0.4, -0.2) is 32.6 Å². The summed E-state index contributed by atoms with van der Waals surface area (Å²) in [5.41, 5.74) is 1.40. The van der Waals surface area contributed by atoms with Crippen LogP contribution in [-0.2, 0) is 17.0 Å². The third-order valence-electron chi connectivity index (χ3n) is 5.50. The molecule has 0 aliphatic carbocycles. The predicted molar refractivity (Wildman–Crippen MR) is 132 cm³/mol. The van der Waals surface area contributed by atoms with Crippen LogP contribution in [0.5, 0.6) is 0 Å². The van der Waals surface area contributed by atoms with Crippen molar-refractivity contribution in [3.8, 4) is 0 Å². The van der Waals surface area contributed by atoms with Crippen molar-refractivity contribution in [2.24, 2.45) is 0 Å². The quantitative estimate of drug-likeness (QED) is 0.238. The highest BCUT2D eigenvalue weighted by molar-refractivity contribution is 7.98. The molecule has 3 heterocycles. The number of rotatable bonds is 7. The molecule has 4 rings (SSSR count). The molecule has 0 bridgehead atoms. The highest BCUT2D eigenvalue weighted by Gasteiger charge is 2.16.